The van der Waals surface area contributed by atoms with Crippen LogP contribution in [0.15, 0.2) is 39.7 Å². The van der Waals surface area contributed by atoms with Gasteiger partial charge in [0.25, 0.3) is 0 Å². The monoisotopic (exact) mass is 428 g/mol. The fraction of sp³-hybridized carbons (Fsp3) is 0.478. The molecule has 31 heavy (non-hydrogen) atoms. The number of esters is 1. The van der Waals surface area contributed by atoms with Gasteiger partial charge in [0.2, 0.25) is 0 Å². The van der Waals surface area contributed by atoms with Crippen molar-refractivity contribution in [2.45, 2.75) is 32.4 Å². The van der Waals surface area contributed by atoms with Crippen LogP contribution in [0.4, 0.5) is 0 Å². The van der Waals surface area contributed by atoms with Gasteiger partial charge < -0.3 is 24.5 Å². The number of rotatable bonds is 8. The predicted octanol–water partition coefficient (Wildman–Crippen LogP) is 2.89. The first-order chi connectivity index (χ1) is 15.1. The summed E-state index contributed by atoms with van der Waals surface area (Å²) in [5.41, 5.74) is 1.60. The van der Waals surface area contributed by atoms with Gasteiger partial charge in [-0.3, -0.25) is 9.89 Å². The Morgan fingerprint density at radius 2 is 1.97 bits per heavy atom. The second-order valence-corrected chi connectivity index (χ2v) is 7.48. The first kappa shape index (κ1) is 22.7. The lowest BCUT2D eigenvalue weighted by molar-refractivity contribution is 0.0599. The third-order valence-electron chi connectivity index (χ3n) is 5.57. The maximum absolute atomic E-state index is 11.8. The number of carbonyl (C=O) groups is 1. The Kier molecular flexibility index (Phi) is 7.94. The lowest BCUT2D eigenvalue weighted by Gasteiger charge is -2.30. The maximum atomic E-state index is 11.8. The normalized spacial score (nSPS) is 15.5. The molecule has 1 saturated heterocycles. The van der Waals surface area contributed by atoms with Crippen LogP contribution in [0.5, 0.6) is 5.75 Å². The van der Waals surface area contributed by atoms with Crippen molar-refractivity contribution >= 4 is 11.9 Å². The van der Waals surface area contributed by atoms with Gasteiger partial charge in [-0.15, -0.1) is 0 Å². The molecule has 1 aromatic heterocycles. The van der Waals surface area contributed by atoms with Crippen molar-refractivity contribution in [3.63, 3.8) is 0 Å². The molecular formula is C23H32N4O4. The number of aryl methyl sites for hydroxylation is 1. The number of ether oxygens (including phenoxy) is 2. The number of aliphatic imine (C=N–C) groups is 1. The van der Waals surface area contributed by atoms with Gasteiger partial charge in [0, 0.05) is 19.2 Å². The van der Waals surface area contributed by atoms with E-state index in [9.17, 15) is 4.79 Å². The number of para-hydroxylation sites is 1. The number of hydrogen-bond acceptors (Lipinski definition) is 6. The molecule has 8 nitrogen and oxygen atoms in total. The standard InChI is InChI=1S/C23H32N4O4/c1-16-19(22(28)30-4)13-17(31-16)14-25-23(24-2)26-15-20(27-11-7-8-12-27)18-9-5-6-10-21(18)29-3/h5-6,9-10,13,20H,7-8,11-12,14-15H2,1-4H3,(H2,24,25,26). The summed E-state index contributed by atoms with van der Waals surface area (Å²) in [6.07, 6.45) is 2.41. The number of methoxy groups -OCH3 is 2. The van der Waals surface area contributed by atoms with Crippen LogP contribution < -0.4 is 15.4 Å². The lowest BCUT2D eigenvalue weighted by atomic mass is 10.0. The fourth-order valence-electron chi connectivity index (χ4n) is 3.96. The molecule has 0 amide bonds. The molecule has 0 spiro atoms. The number of hydrogen-bond donors (Lipinski definition) is 2. The third kappa shape index (κ3) is 5.58. The summed E-state index contributed by atoms with van der Waals surface area (Å²) in [7, 11) is 4.80. The molecule has 1 atom stereocenters. The van der Waals surface area contributed by atoms with Crippen LogP contribution in [0.2, 0.25) is 0 Å². The van der Waals surface area contributed by atoms with E-state index in [0.717, 1.165) is 18.8 Å². The van der Waals surface area contributed by atoms with E-state index in [2.05, 4.69) is 26.6 Å². The minimum absolute atomic E-state index is 0.175. The fourth-order valence-corrected chi connectivity index (χ4v) is 3.96. The highest BCUT2D eigenvalue weighted by Crippen LogP contribution is 2.31. The van der Waals surface area contributed by atoms with Crippen molar-refractivity contribution in [1.29, 1.82) is 0 Å². The van der Waals surface area contributed by atoms with Crippen LogP contribution in [-0.4, -0.2) is 57.7 Å². The van der Waals surface area contributed by atoms with Crippen LogP contribution in [0, 0.1) is 6.92 Å². The summed E-state index contributed by atoms with van der Waals surface area (Å²) in [5.74, 6) is 2.33. The average molecular weight is 429 g/mol. The Morgan fingerprint density at radius 1 is 1.23 bits per heavy atom. The van der Waals surface area contributed by atoms with Crippen molar-refractivity contribution in [2.75, 3.05) is 40.9 Å². The molecular weight excluding hydrogens is 396 g/mol. The van der Waals surface area contributed by atoms with Gasteiger partial charge in [-0.05, 0) is 45.0 Å². The zero-order valence-electron chi connectivity index (χ0n) is 18.7. The second kappa shape index (κ2) is 10.9. The molecule has 1 fully saturated rings. The summed E-state index contributed by atoms with van der Waals surface area (Å²) in [5, 5.41) is 6.68. The van der Waals surface area contributed by atoms with E-state index >= 15 is 0 Å². The number of benzene rings is 1. The molecule has 2 aromatic rings. The highest BCUT2D eigenvalue weighted by atomic mass is 16.5. The number of furan rings is 1. The number of likely N-dealkylation sites (tertiary alicyclic amines) is 1. The first-order valence-electron chi connectivity index (χ1n) is 10.6. The van der Waals surface area contributed by atoms with Crippen molar-refractivity contribution in [1.82, 2.24) is 15.5 Å². The Morgan fingerprint density at radius 3 is 2.65 bits per heavy atom. The van der Waals surface area contributed by atoms with Crippen molar-refractivity contribution < 1.29 is 18.7 Å². The van der Waals surface area contributed by atoms with Crippen molar-refractivity contribution in [3.8, 4) is 5.75 Å². The summed E-state index contributed by atoms with van der Waals surface area (Å²) in [6, 6.07) is 10.0. The molecule has 0 saturated carbocycles. The maximum Gasteiger partial charge on any atom is 0.341 e. The van der Waals surface area contributed by atoms with Gasteiger partial charge in [0.1, 0.15) is 22.8 Å². The summed E-state index contributed by atoms with van der Waals surface area (Å²) >= 11 is 0. The van der Waals surface area contributed by atoms with E-state index in [1.165, 1.54) is 25.5 Å². The molecule has 1 aliphatic rings. The van der Waals surface area contributed by atoms with Gasteiger partial charge in [-0.25, -0.2) is 4.79 Å². The smallest absolute Gasteiger partial charge is 0.341 e. The number of carbonyl (C=O) groups excluding carboxylic acids is 1. The van der Waals surface area contributed by atoms with Crippen LogP contribution >= 0.6 is 0 Å². The SMILES string of the molecule is CN=C(NCc1cc(C(=O)OC)c(C)o1)NCC(c1ccccc1OC)N1CCCC1. The highest BCUT2D eigenvalue weighted by Gasteiger charge is 2.26. The number of nitrogens with one attached hydrogen (secondary N) is 2. The minimum Gasteiger partial charge on any atom is -0.496 e. The van der Waals surface area contributed by atoms with Gasteiger partial charge >= 0.3 is 5.97 Å². The van der Waals surface area contributed by atoms with Gasteiger partial charge in [0.15, 0.2) is 5.96 Å². The van der Waals surface area contributed by atoms with Crippen molar-refractivity contribution in [3.05, 3.63) is 53.0 Å². The molecule has 168 valence electrons. The molecule has 8 heteroatoms. The van der Waals surface area contributed by atoms with E-state index in [4.69, 9.17) is 13.9 Å². The van der Waals surface area contributed by atoms with E-state index in [1.54, 1.807) is 27.1 Å². The van der Waals surface area contributed by atoms with E-state index in [0.29, 0.717) is 36.1 Å². The summed E-state index contributed by atoms with van der Waals surface area (Å²) in [6.45, 7) is 4.97. The highest BCUT2D eigenvalue weighted by molar-refractivity contribution is 5.90. The predicted molar refractivity (Wildman–Crippen MR) is 120 cm³/mol. The van der Waals surface area contributed by atoms with E-state index in [-0.39, 0.29) is 6.04 Å². The third-order valence-corrected chi connectivity index (χ3v) is 5.57. The summed E-state index contributed by atoms with van der Waals surface area (Å²) < 4.78 is 16.1. The first-order valence-corrected chi connectivity index (χ1v) is 10.6. The number of guanidine groups is 1. The molecule has 0 aliphatic carbocycles. The largest absolute Gasteiger partial charge is 0.496 e. The second-order valence-electron chi connectivity index (χ2n) is 7.48. The molecule has 2 N–H and O–H groups in total. The van der Waals surface area contributed by atoms with Gasteiger partial charge in [-0.1, -0.05) is 18.2 Å². The molecule has 1 aliphatic heterocycles. The van der Waals surface area contributed by atoms with E-state index in [1.807, 2.05) is 18.2 Å². The topological polar surface area (TPSA) is 88.3 Å². The molecule has 2 heterocycles. The van der Waals surface area contributed by atoms with Crippen LogP contribution in [0.1, 0.15) is 46.3 Å². The van der Waals surface area contributed by atoms with Gasteiger partial charge in [0.05, 0.1) is 26.8 Å². The van der Waals surface area contributed by atoms with Crippen molar-refractivity contribution in [2.24, 2.45) is 4.99 Å². The molecule has 3 rings (SSSR count). The quantitative estimate of drug-likeness (QED) is 0.380. The molecule has 0 bridgehead atoms. The molecule has 1 unspecified atom stereocenters. The Labute approximate surface area is 183 Å². The molecule has 1 aromatic carbocycles. The zero-order valence-corrected chi connectivity index (χ0v) is 18.7. The molecule has 0 radical (unpaired) electrons. The number of nitrogens with zero attached hydrogens (tertiary/aromatic N) is 2. The van der Waals surface area contributed by atoms with Crippen LogP contribution in [0.25, 0.3) is 0 Å². The minimum atomic E-state index is -0.403. The zero-order chi connectivity index (χ0) is 22.2. The Hall–Kier alpha value is -3.00. The van der Waals surface area contributed by atoms with Crippen LogP contribution in [0.3, 0.4) is 0 Å². The van der Waals surface area contributed by atoms with Gasteiger partial charge in [-0.2, -0.15) is 0 Å². The van der Waals surface area contributed by atoms with E-state index < -0.39 is 5.97 Å². The lowest BCUT2D eigenvalue weighted by Crippen LogP contribution is -2.42. The summed E-state index contributed by atoms with van der Waals surface area (Å²) in [4.78, 5) is 18.6. The Bertz CT molecular complexity index is 903. The van der Waals surface area contributed by atoms with Crippen LogP contribution in [-0.2, 0) is 11.3 Å². The average Bonchev–Trinajstić information content (AvgIpc) is 3.45. The Balaban J connectivity index is 1.65.